The fraction of sp³-hybridized carbons (Fsp3) is 0.667. The second-order valence-corrected chi connectivity index (χ2v) is 7.47. The number of amides is 2. The van der Waals surface area contributed by atoms with Crippen LogP contribution in [0.25, 0.3) is 0 Å². The van der Waals surface area contributed by atoms with Gasteiger partial charge < -0.3 is 25.0 Å². The number of likely N-dealkylation sites (tertiary alicyclic amines) is 1. The van der Waals surface area contributed by atoms with Crippen LogP contribution in [0.3, 0.4) is 0 Å². The number of carboxylic acid groups (broad SMARTS) is 1. The van der Waals surface area contributed by atoms with Crippen LogP contribution in [-0.2, 0) is 15.7 Å². The average molecular weight is 431 g/mol. The van der Waals surface area contributed by atoms with Crippen molar-refractivity contribution in [1.82, 2.24) is 20.2 Å². The molecule has 2 amide bonds. The first-order chi connectivity index (χ1) is 14.1. The third-order valence-electron chi connectivity index (χ3n) is 5.27. The standard InChI is InChI=1S/C18H24F3N5O4/c1-11(24-17(28)29)10-30-13-4-7-26(16(13)27)12-2-5-25(6-3-12)15-9-22-14(8-23-15)18(19,20)21/h8-9,11-13,24H,2-7,10H2,1H3,(H,28,29)/t11-,13?/m0/s1. The highest BCUT2D eigenvalue weighted by molar-refractivity contribution is 5.83. The third-order valence-corrected chi connectivity index (χ3v) is 5.27. The van der Waals surface area contributed by atoms with Gasteiger partial charge in [0.2, 0.25) is 0 Å². The highest BCUT2D eigenvalue weighted by Gasteiger charge is 2.38. The lowest BCUT2D eigenvalue weighted by Gasteiger charge is -2.37. The summed E-state index contributed by atoms with van der Waals surface area (Å²) in [6, 6.07) is -0.392. The lowest BCUT2D eigenvalue weighted by Crippen LogP contribution is -2.47. The van der Waals surface area contributed by atoms with Gasteiger partial charge in [0.05, 0.1) is 25.0 Å². The average Bonchev–Trinajstić information content (AvgIpc) is 3.06. The van der Waals surface area contributed by atoms with Gasteiger partial charge in [0.25, 0.3) is 5.91 Å². The largest absolute Gasteiger partial charge is 0.465 e. The van der Waals surface area contributed by atoms with Crippen molar-refractivity contribution in [3.8, 4) is 0 Å². The summed E-state index contributed by atoms with van der Waals surface area (Å²) in [7, 11) is 0. The number of piperidine rings is 1. The first-order valence-corrected chi connectivity index (χ1v) is 9.71. The van der Waals surface area contributed by atoms with E-state index in [4.69, 9.17) is 9.84 Å². The summed E-state index contributed by atoms with van der Waals surface area (Å²) in [5.74, 6) is 0.278. The van der Waals surface area contributed by atoms with Gasteiger partial charge >= 0.3 is 12.3 Å². The Morgan fingerprint density at radius 3 is 2.53 bits per heavy atom. The zero-order chi connectivity index (χ0) is 21.9. The van der Waals surface area contributed by atoms with Crippen molar-refractivity contribution in [1.29, 1.82) is 0 Å². The van der Waals surface area contributed by atoms with E-state index >= 15 is 0 Å². The number of hydrogen-bond donors (Lipinski definition) is 2. The van der Waals surface area contributed by atoms with Gasteiger partial charge in [0, 0.05) is 32.1 Å². The molecule has 2 atom stereocenters. The van der Waals surface area contributed by atoms with Gasteiger partial charge in [0.15, 0.2) is 5.69 Å². The molecule has 2 saturated heterocycles. The van der Waals surface area contributed by atoms with Gasteiger partial charge in [-0.3, -0.25) is 4.79 Å². The Morgan fingerprint density at radius 2 is 1.97 bits per heavy atom. The molecule has 0 radical (unpaired) electrons. The topological polar surface area (TPSA) is 108 Å². The molecule has 9 nitrogen and oxygen atoms in total. The van der Waals surface area contributed by atoms with Crippen LogP contribution >= 0.6 is 0 Å². The Labute approximate surface area is 171 Å². The second-order valence-electron chi connectivity index (χ2n) is 7.47. The van der Waals surface area contributed by atoms with Crippen molar-refractivity contribution in [2.24, 2.45) is 0 Å². The van der Waals surface area contributed by atoms with Crippen molar-refractivity contribution >= 4 is 17.8 Å². The van der Waals surface area contributed by atoms with E-state index < -0.39 is 30.1 Å². The zero-order valence-corrected chi connectivity index (χ0v) is 16.4. The van der Waals surface area contributed by atoms with Crippen LogP contribution in [-0.4, -0.2) is 76.4 Å². The van der Waals surface area contributed by atoms with E-state index in [1.165, 1.54) is 0 Å². The third kappa shape index (κ3) is 5.29. The van der Waals surface area contributed by atoms with Crippen molar-refractivity contribution in [3.05, 3.63) is 18.1 Å². The summed E-state index contributed by atoms with van der Waals surface area (Å²) in [5.41, 5.74) is -1.03. The molecule has 0 aromatic carbocycles. The van der Waals surface area contributed by atoms with Gasteiger partial charge in [-0.05, 0) is 19.8 Å². The molecule has 2 aliphatic heterocycles. The molecule has 1 unspecified atom stereocenters. The highest BCUT2D eigenvalue weighted by Crippen LogP contribution is 2.29. The number of hydrogen-bond acceptors (Lipinski definition) is 6. The minimum atomic E-state index is -4.52. The lowest BCUT2D eigenvalue weighted by atomic mass is 10.0. The van der Waals surface area contributed by atoms with Crippen LogP contribution < -0.4 is 10.2 Å². The number of nitrogens with one attached hydrogen (secondary N) is 1. The number of alkyl halides is 3. The first-order valence-electron chi connectivity index (χ1n) is 9.71. The smallest absolute Gasteiger partial charge is 0.434 e. The van der Waals surface area contributed by atoms with E-state index in [2.05, 4.69) is 15.3 Å². The molecule has 2 fully saturated rings. The molecule has 0 spiro atoms. The van der Waals surface area contributed by atoms with Gasteiger partial charge in [-0.2, -0.15) is 13.2 Å². The predicted molar refractivity (Wildman–Crippen MR) is 99.0 cm³/mol. The molecule has 166 valence electrons. The van der Waals surface area contributed by atoms with E-state index in [9.17, 15) is 22.8 Å². The summed E-state index contributed by atoms with van der Waals surface area (Å²) in [6.45, 7) is 3.45. The SMILES string of the molecule is C[C@@H](COC1CCN(C2CCN(c3cnc(C(F)(F)F)cn3)CC2)C1=O)NC(=O)O. The van der Waals surface area contributed by atoms with E-state index in [0.29, 0.717) is 44.7 Å². The summed E-state index contributed by atoms with van der Waals surface area (Å²) in [5, 5.41) is 11.0. The Balaban J connectivity index is 1.48. The van der Waals surface area contributed by atoms with Crippen LogP contribution in [0.2, 0.25) is 0 Å². The van der Waals surface area contributed by atoms with Gasteiger partial charge in [-0.15, -0.1) is 0 Å². The van der Waals surface area contributed by atoms with Crippen molar-refractivity contribution in [2.75, 3.05) is 31.1 Å². The number of halogens is 3. The fourth-order valence-electron chi connectivity index (χ4n) is 3.74. The van der Waals surface area contributed by atoms with E-state index in [1.807, 2.05) is 4.90 Å². The van der Waals surface area contributed by atoms with Crippen molar-refractivity contribution in [2.45, 2.75) is 50.6 Å². The maximum atomic E-state index is 12.6. The molecule has 12 heteroatoms. The summed E-state index contributed by atoms with van der Waals surface area (Å²) < 4.78 is 43.4. The summed E-state index contributed by atoms with van der Waals surface area (Å²) in [4.78, 5) is 34.2. The predicted octanol–water partition coefficient (Wildman–Crippen LogP) is 1.74. The molecule has 2 N–H and O–H groups in total. The molecule has 0 saturated carbocycles. The summed E-state index contributed by atoms with van der Waals surface area (Å²) in [6.07, 6.45) is -2.51. The van der Waals surface area contributed by atoms with Crippen LogP contribution in [0.1, 0.15) is 31.9 Å². The molecular formula is C18H24F3N5O4. The number of nitrogens with zero attached hydrogens (tertiary/aromatic N) is 4. The fourth-order valence-corrected chi connectivity index (χ4v) is 3.74. The number of ether oxygens (including phenoxy) is 1. The second kappa shape index (κ2) is 9.02. The number of aromatic nitrogens is 2. The molecule has 30 heavy (non-hydrogen) atoms. The van der Waals surface area contributed by atoms with Crippen LogP contribution in [0.4, 0.5) is 23.8 Å². The minimum Gasteiger partial charge on any atom is -0.465 e. The van der Waals surface area contributed by atoms with E-state index in [-0.39, 0.29) is 18.6 Å². The number of rotatable bonds is 6. The van der Waals surface area contributed by atoms with Crippen molar-refractivity contribution in [3.63, 3.8) is 0 Å². The molecule has 0 aliphatic carbocycles. The maximum Gasteiger partial charge on any atom is 0.434 e. The highest BCUT2D eigenvalue weighted by atomic mass is 19.4. The zero-order valence-electron chi connectivity index (χ0n) is 16.4. The van der Waals surface area contributed by atoms with Crippen LogP contribution in [0.15, 0.2) is 12.4 Å². The number of carbonyl (C=O) groups is 2. The van der Waals surface area contributed by atoms with E-state index in [0.717, 1.165) is 12.4 Å². The van der Waals surface area contributed by atoms with Gasteiger partial charge in [-0.1, -0.05) is 0 Å². The normalized spacial score (nSPS) is 21.7. The Morgan fingerprint density at radius 1 is 1.27 bits per heavy atom. The Kier molecular flexibility index (Phi) is 6.64. The molecular weight excluding hydrogens is 407 g/mol. The Bertz CT molecular complexity index is 753. The molecule has 3 rings (SSSR count). The monoisotopic (exact) mass is 431 g/mol. The molecule has 3 heterocycles. The molecule has 0 bridgehead atoms. The molecule has 2 aliphatic rings. The van der Waals surface area contributed by atoms with Gasteiger partial charge in [0.1, 0.15) is 11.9 Å². The maximum absolute atomic E-state index is 12.6. The molecule has 1 aromatic rings. The van der Waals surface area contributed by atoms with Crippen molar-refractivity contribution < 1.29 is 32.6 Å². The lowest BCUT2D eigenvalue weighted by molar-refractivity contribution is -0.141. The quantitative estimate of drug-likeness (QED) is 0.706. The minimum absolute atomic E-state index is 0.0272. The Hall–Kier alpha value is -2.63. The van der Waals surface area contributed by atoms with Gasteiger partial charge in [-0.25, -0.2) is 14.8 Å². The first kappa shape index (κ1) is 22.1. The number of anilines is 1. The summed E-state index contributed by atoms with van der Waals surface area (Å²) >= 11 is 0. The van der Waals surface area contributed by atoms with Crippen LogP contribution in [0, 0.1) is 0 Å². The van der Waals surface area contributed by atoms with Crippen LogP contribution in [0.5, 0.6) is 0 Å². The molecule has 1 aromatic heterocycles. The number of carbonyl (C=O) groups excluding carboxylic acids is 1. The van der Waals surface area contributed by atoms with E-state index in [1.54, 1.807) is 11.8 Å².